The maximum atomic E-state index is 12.9. The Morgan fingerprint density at radius 1 is 1.11 bits per heavy atom. The number of furan rings is 1. The molecule has 0 bridgehead atoms. The Hall–Kier alpha value is -2.62. The molecule has 27 heavy (non-hydrogen) atoms. The number of sulfone groups is 1. The van der Waals surface area contributed by atoms with E-state index in [1.54, 1.807) is 33.7 Å². The molecule has 2 aliphatic rings. The number of hydrogen-bond acceptors (Lipinski definition) is 6. The molecule has 4 rings (SSSR count). The van der Waals surface area contributed by atoms with Gasteiger partial charge in [-0.25, -0.2) is 8.42 Å². The number of aromatic nitrogens is 2. The van der Waals surface area contributed by atoms with Crippen LogP contribution >= 0.6 is 0 Å². The highest BCUT2D eigenvalue weighted by Crippen LogP contribution is 2.25. The van der Waals surface area contributed by atoms with Crippen LogP contribution in [-0.2, 0) is 29.1 Å². The number of rotatable bonds is 2. The number of carbonyl (C=O) groups is 2. The molecular weight excluding hydrogens is 372 g/mol. The first-order valence-corrected chi connectivity index (χ1v) is 10.5. The van der Waals surface area contributed by atoms with Crippen LogP contribution in [0.1, 0.15) is 32.3 Å². The Bertz CT molecular complexity index is 985. The van der Waals surface area contributed by atoms with Gasteiger partial charge in [0, 0.05) is 50.9 Å². The zero-order chi connectivity index (χ0) is 19.2. The minimum absolute atomic E-state index is 0.0841. The summed E-state index contributed by atoms with van der Waals surface area (Å²) in [5, 5.41) is 4.29. The summed E-state index contributed by atoms with van der Waals surface area (Å²) in [6.07, 6.45) is 1.82. The van der Waals surface area contributed by atoms with Gasteiger partial charge in [0.2, 0.25) is 0 Å². The van der Waals surface area contributed by atoms with Gasteiger partial charge in [-0.2, -0.15) is 5.10 Å². The van der Waals surface area contributed by atoms with E-state index in [-0.39, 0.29) is 34.8 Å². The maximum absolute atomic E-state index is 12.9. The van der Waals surface area contributed by atoms with E-state index >= 15 is 0 Å². The summed E-state index contributed by atoms with van der Waals surface area (Å²) in [6, 6.07) is 3.27. The molecule has 144 valence electrons. The third-order valence-corrected chi connectivity index (χ3v) is 6.63. The largest absolute Gasteiger partial charge is 0.459 e. The molecule has 2 aromatic rings. The monoisotopic (exact) mass is 392 g/mol. The van der Waals surface area contributed by atoms with Gasteiger partial charge < -0.3 is 14.2 Å². The van der Waals surface area contributed by atoms with Crippen molar-refractivity contribution < 1.29 is 22.4 Å². The fraction of sp³-hybridized carbons (Fsp3) is 0.471. The van der Waals surface area contributed by atoms with Crippen LogP contribution in [0.25, 0.3) is 0 Å². The summed E-state index contributed by atoms with van der Waals surface area (Å²) < 4.78 is 30.7. The number of amides is 2. The number of nitrogens with zero attached hydrogens (tertiary/aromatic N) is 4. The lowest BCUT2D eigenvalue weighted by atomic mass is 10.1. The van der Waals surface area contributed by atoms with Crippen molar-refractivity contribution in [3.8, 4) is 0 Å². The van der Waals surface area contributed by atoms with Gasteiger partial charge in [0.1, 0.15) is 0 Å². The van der Waals surface area contributed by atoms with Crippen LogP contribution in [0, 0.1) is 0 Å². The highest BCUT2D eigenvalue weighted by atomic mass is 32.2. The van der Waals surface area contributed by atoms with Gasteiger partial charge in [-0.3, -0.25) is 14.3 Å². The minimum Gasteiger partial charge on any atom is -0.459 e. The third-order valence-electron chi connectivity index (χ3n) is 5.08. The number of fused-ring (bicyclic) bond motifs is 1. The number of piperazine rings is 1. The van der Waals surface area contributed by atoms with Crippen molar-refractivity contribution in [2.24, 2.45) is 7.05 Å². The van der Waals surface area contributed by atoms with E-state index in [1.807, 2.05) is 0 Å². The van der Waals surface area contributed by atoms with E-state index in [4.69, 9.17) is 4.42 Å². The van der Waals surface area contributed by atoms with Gasteiger partial charge in [0.05, 0.1) is 17.8 Å². The summed E-state index contributed by atoms with van der Waals surface area (Å²) in [5.41, 5.74) is 1.53. The molecule has 0 unspecified atom stereocenters. The topological polar surface area (TPSA) is 106 Å². The Kier molecular flexibility index (Phi) is 4.29. The summed E-state index contributed by atoms with van der Waals surface area (Å²) >= 11 is 0. The molecule has 2 aliphatic heterocycles. The number of carbonyl (C=O) groups excluding carboxylic acids is 2. The molecule has 0 aromatic carbocycles. The van der Waals surface area contributed by atoms with Crippen LogP contribution in [0.3, 0.4) is 0 Å². The van der Waals surface area contributed by atoms with E-state index in [0.29, 0.717) is 38.2 Å². The first-order chi connectivity index (χ1) is 12.9. The lowest BCUT2D eigenvalue weighted by molar-refractivity contribution is 0.0514. The SMILES string of the molecule is Cn1nc(C(=O)N2CCN(C(=O)c3ccco3)CC2)c2c1CCS(=O)(=O)C2. The van der Waals surface area contributed by atoms with Crippen LogP contribution in [0.2, 0.25) is 0 Å². The molecule has 1 saturated heterocycles. The highest BCUT2D eigenvalue weighted by Gasteiger charge is 2.34. The van der Waals surface area contributed by atoms with Gasteiger partial charge in [-0.05, 0) is 12.1 Å². The molecule has 0 saturated carbocycles. The van der Waals surface area contributed by atoms with Crippen LogP contribution in [0.5, 0.6) is 0 Å². The first kappa shape index (κ1) is 17.8. The summed E-state index contributed by atoms with van der Waals surface area (Å²) in [7, 11) is -1.47. The lowest BCUT2D eigenvalue weighted by Crippen LogP contribution is -2.50. The maximum Gasteiger partial charge on any atom is 0.289 e. The predicted octanol–water partition coefficient (Wildman–Crippen LogP) is 0.0822. The molecule has 0 radical (unpaired) electrons. The molecule has 9 nitrogen and oxygen atoms in total. The van der Waals surface area contributed by atoms with Crippen LogP contribution in [-0.4, -0.2) is 71.7 Å². The average Bonchev–Trinajstić information content (AvgIpc) is 3.28. The van der Waals surface area contributed by atoms with Gasteiger partial charge in [0.25, 0.3) is 11.8 Å². The van der Waals surface area contributed by atoms with Crippen molar-refractivity contribution in [3.05, 3.63) is 41.1 Å². The van der Waals surface area contributed by atoms with Crippen LogP contribution in [0.4, 0.5) is 0 Å². The Balaban J connectivity index is 1.48. The molecule has 4 heterocycles. The molecule has 0 aliphatic carbocycles. The normalized spacial score (nSPS) is 19.0. The van der Waals surface area contributed by atoms with Crippen molar-refractivity contribution in [2.75, 3.05) is 31.9 Å². The van der Waals surface area contributed by atoms with E-state index < -0.39 is 9.84 Å². The minimum atomic E-state index is -3.20. The Morgan fingerprint density at radius 2 is 1.78 bits per heavy atom. The van der Waals surface area contributed by atoms with E-state index in [9.17, 15) is 18.0 Å². The fourth-order valence-electron chi connectivity index (χ4n) is 3.60. The zero-order valence-corrected chi connectivity index (χ0v) is 15.7. The Morgan fingerprint density at radius 3 is 2.41 bits per heavy atom. The van der Waals surface area contributed by atoms with Gasteiger partial charge in [-0.15, -0.1) is 0 Å². The number of hydrogen-bond donors (Lipinski definition) is 0. The Labute approximate surface area is 156 Å². The first-order valence-electron chi connectivity index (χ1n) is 8.73. The highest BCUT2D eigenvalue weighted by molar-refractivity contribution is 7.90. The van der Waals surface area contributed by atoms with E-state index in [2.05, 4.69) is 5.10 Å². The van der Waals surface area contributed by atoms with Crippen molar-refractivity contribution in [1.82, 2.24) is 19.6 Å². The van der Waals surface area contributed by atoms with E-state index in [0.717, 1.165) is 5.69 Å². The van der Waals surface area contributed by atoms with Gasteiger partial charge in [0.15, 0.2) is 21.3 Å². The van der Waals surface area contributed by atoms with Crippen molar-refractivity contribution in [3.63, 3.8) is 0 Å². The van der Waals surface area contributed by atoms with Gasteiger partial charge >= 0.3 is 0 Å². The second-order valence-electron chi connectivity index (χ2n) is 6.80. The second kappa shape index (κ2) is 6.52. The van der Waals surface area contributed by atoms with Crippen molar-refractivity contribution >= 4 is 21.7 Å². The summed E-state index contributed by atoms with van der Waals surface area (Å²) in [6.45, 7) is 1.50. The summed E-state index contributed by atoms with van der Waals surface area (Å²) in [5.74, 6) is -0.268. The third kappa shape index (κ3) is 3.25. The quantitative estimate of drug-likeness (QED) is 0.717. The molecule has 0 spiro atoms. The fourth-order valence-corrected chi connectivity index (χ4v) is 4.99. The molecule has 0 N–H and O–H groups in total. The van der Waals surface area contributed by atoms with Crippen LogP contribution < -0.4 is 0 Å². The second-order valence-corrected chi connectivity index (χ2v) is 8.99. The van der Waals surface area contributed by atoms with Crippen LogP contribution in [0.15, 0.2) is 22.8 Å². The van der Waals surface area contributed by atoms with Crippen molar-refractivity contribution in [2.45, 2.75) is 12.2 Å². The number of aryl methyl sites for hydroxylation is 1. The molecule has 1 fully saturated rings. The van der Waals surface area contributed by atoms with Gasteiger partial charge in [-0.1, -0.05) is 0 Å². The molecular formula is C17H20N4O5S. The molecule has 2 aromatic heterocycles. The lowest BCUT2D eigenvalue weighted by Gasteiger charge is -2.34. The summed E-state index contributed by atoms with van der Waals surface area (Å²) in [4.78, 5) is 28.5. The average molecular weight is 392 g/mol. The van der Waals surface area contributed by atoms with E-state index in [1.165, 1.54) is 6.26 Å². The predicted molar refractivity (Wildman–Crippen MR) is 94.9 cm³/mol. The van der Waals surface area contributed by atoms with Crippen molar-refractivity contribution in [1.29, 1.82) is 0 Å². The molecule has 2 amide bonds. The molecule has 10 heteroatoms. The molecule has 0 atom stereocenters. The standard InChI is InChI=1S/C17H20N4O5S/c1-19-13-4-10-27(24,25)11-12(13)15(18-19)17(23)21-7-5-20(6-8-21)16(22)14-3-2-9-26-14/h2-3,9H,4-8,10-11H2,1H3. The smallest absolute Gasteiger partial charge is 0.289 e. The zero-order valence-electron chi connectivity index (χ0n) is 14.9.